The summed E-state index contributed by atoms with van der Waals surface area (Å²) in [6, 6.07) is 8.03. The number of H-pyrrole nitrogens is 1. The number of carboxylic acid groups (broad SMARTS) is 1. The molecule has 1 atom stereocenters. The Balaban J connectivity index is 1.71. The average Bonchev–Trinajstić information content (AvgIpc) is 2.96. The summed E-state index contributed by atoms with van der Waals surface area (Å²) in [6.45, 7) is 0.742. The Morgan fingerprint density at radius 1 is 1.26 bits per heavy atom. The third-order valence-corrected chi connectivity index (χ3v) is 4.66. The van der Waals surface area contributed by atoms with E-state index in [2.05, 4.69) is 4.98 Å². The number of nitrogens with one attached hydrogen (secondary N) is 1. The van der Waals surface area contributed by atoms with Gasteiger partial charge < -0.3 is 15.0 Å². The predicted molar refractivity (Wildman–Crippen MR) is 88.2 cm³/mol. The van der Waals surface area contributed by atoms with Gasteiger partial charge in [0.15, 0.2) is 0 Å². The highest BCUT2D eigenvalue weighted by Gasteiger charge is 2.27. The number of aromatic amines is 1. The minimum atomic E-state index is -0.792. The summed E-state index contributed by atoms with van der Waals surface area (Å²) in [5, 5.41) is 9.97. The van der Waals surface area contributed by atoms with Crippen LogP contribution < -0.4 is 0 Å². The van der Waals surface area contributed by atoms with E-state index in [0.717, 1.165) is 42.3 Å². The first-order chi connectivity index (χ1) is 11.1. The van der Waals surface area contributed by atoms with Crippen molar-refractivity contribution in [1.29, 1.82) is 0 Å². The van der Waals surface area contributed by atoms with Crippen LogP contribution in [0.5, 0.6) is 0 Å². The number of likely N-dealkylation sites (tertiary alicyclic amines) is 1. The van der Waals surface area contributed by atoms with E-state index in [9.17, 15) is 9.59 Å². The second-order valence-corrected chi connectivity index (χ2v) is 6.21. The topological polar surface area (TPSA) is 73.4 Å². The van der Waals surface area contributed by atoms with Crippen LogP contribution in [0.15, 0.2) is 30.5 Å². The Bertz CT molecular complexity index is 707. The molecule has 1 saturated heterocycles. The molecule has 0 saturated carbocycles. The first-order valence-electron chi connectivity index (χ1n) is 8.21. The van der Waals surface area contributed by atoms with Gasteiger partial charge in [-0.2, -0.15) is 0 Å². The van der Waals surface area contributed by atoms with Gasteiger partial charge in [-0.25, -0.2) is 0 Å². The maximum Gasteiger partial charge on any atom is 0.303 e. The van der Waals surface area contributed by atoms with Crippen molar-refractivity contribution in [3.63, 3.8) is 0 Å². The van der Waals surface area contributed by atoms with Crippen LogP contribution in [0.4, 0.5) is 0 Å². The molecule has 1 aliphatic rings. The number of aromatic nitrogens is 1. The number of benzene rings is 1. The van der Waals surface area contributed by atoms with E-state index in [1.807, 2.05) is 35.4 Å². The summed E-state index contributed by atoms with van der Waals surface area (Å²) < 4.78 is 0. The smallest absolute Gasteiger partial charge is 0.303 e. The second-order valence-electron chi connectivity index (χ2n) is 6.21. The Labute approximate surface area is 135 Å². The molecule has 1 aromatic carbocycles. The predicted octanol–water partition coefficient (Wildman–Crippen LogP) is 2.96. The summed E-state index contributed by atoms with van der Waals surface area (Å²) in [6.07, 6.45) is 5.93. The first kappa shape index (κ1) is 15.6. The van der Waals surface area contributed by atoms with Crippen molar-refractivity contribution in [3.8, 4) is 0 Å². The number of carboxylic acids is 1. The highest BCUT2D eigenvalue weighted by Crippen LogP contribution is 2.24. The van der Waals surface area contributed by atoms with E-state index in [4.69, 9.17) is 5.11 Å². The standard InChI is InChI=1S/C18H22N2O3/c21-17(11-13-12-19-16-7-2-1-6-15(13)16)20-10-4-3-5-14(20)8-9-18(22)23/h1-2,6-7,12,14,19H,3-5,8-11H2,(H,22,23)/t14-/m0/s1. The Morgan fingerprint density at radius 2 is 2.09 bits per heavy atom. The summed E-state index contributed by atoms with van der Waals surface area (Å²) in [5.74, 6) is -0.690. The highest BCUT2D eigenvalue weighted by molar-refractivity contribution is 5.89. The molecule has 2 N–H and O–H groups in total. The van der Waals surface area contributed by atoms with Gasteiger partial charge >= 0.3 is 5.97 Å². The molecule has 0 bridgehead atoms. The van der Waals surface area contributed by atoms with Crippen molar-refractivity contribution < 1.29 is 14.7 Å². The van der Waals surface area contributed by atoms with Crippen LogP contribution in [0.2, 0.25) is 0 Å². The van der Waals surface area contributed by atoms with Crippen LogP contribution in [-0.2, 0) is 16.0 Å². The molecule has 0 unspecified atom stereocenters. The van der Waals surface area contributed by atoms with Crippen molar-refractivity contribution in [3.05, 3.63) is 36.0 Å². The maximum atomic E-state index is 12.7. The van der Waals surface area contributed by atoms with Crippen LogP contribution in [0.1, 0.15) is 37.7 Å². The van der Waals surface area contributed by atoms with E-state index in [-0.39, 0.29) is 18.4 Å². The Hall–Kier alpha value is -2.30. The molecule has 1 aromatic heterocycles. The van der Waals surface area contributed by atoms with Crippen molar-refractivity contribution in [2.75, 3.05) is 6.54 Å². The zero-order chi connectivity index (χ0) is 16.2. The van der Waals surface area contributed by atoms with Crippen molar-refractivity contribution in [2.24, 2.45) is 0 Å². The number of nitrogens with zero attached hydrogens (tertiary/aromatic N) is 1. The summed E-state index contributed by atoms with van der Waals surface area (Å²) in [5.41, 5.74) is 2.05. The maximum absolute atomic E-state index is 12.7. The molecule has 0 spiro atoms. The zero-order valence-electron chi connectivity index (χ0n) is 13.1. The van der Waals surface area contributed by atoms with Gasteiger partial charge in [0.2, 0.25) is 5.91 Å². The number of para-hydroxylation sites is 1. The summed E-state index contributed by atoms with van der Waals surface area (Å²) in [4.78, 5) is 28.6. The van der Waals surface area contributed by atoms with Crippen LogP contribution in [0, 0.1) is 0 Å². The van der Waals surface area contributed by atoms with Gasteiger partial charge in [0.1, 0.15) is 0 Å². The molecule has 1 aliphatic heterocycles. The van der Waals surface area contributed by atoms with Gasteiger partial charge in [0.25, 0.3) is 0 Å². The molecular weight excluding hydrogens is 292 g/mol. The quantitative estimate of drug-likeness (QED) is 0.891. The highest BCUT2D eigenvalue weighted by atomic mass is 16.4. The number of aliphatic carboxylic acids is 1. The van der Waals surface area contributed by atoms with Gasteiger partial charge in [-0.3, -0.25) is 9.59 Å². The lowest BCUT2D eigenvalue weighted by Crippen LogP contribution is -2.44. The number of amides is 1. The van der Waals surface area contributed by atoms with Crippen LogP contribution >= 0.6 is 0 Å². The molecule has 3 rings (SSSR count). The average molecular weight is 314 g/mol. The Morgan fingerprint density at radius 3 is 2.91 bits per heavy atom. The van der Waals surface area contributed by atoms with Crippen molar-refractivity contribution in [1.82, 2.24) is 9.88 Å². The number of carbonyl (C=O) groups is 2. The molecule has 1 amide bonds. The normalized spacial score (nSPS) is 18.3. The van der Waals surface area contributed by atoms with Gasteiger partial charge in [-0.1, -0.05) is 18.2 Å². The van der Waals surface area contributed by atoms with Gasteiger partial charge in [-0.05, 0) is 37.3 Å². The number of carbonyl (C=O) groups excluding carboxylic acids is 1. The van der Waals surface area contributed by atoms with Crippen molar-refractivity contribution in [2.45, 2.75) is 44.6 Å². The van der Waals surface area contributed by atoms with Crippen molar-refractivity contribution >= 4 is 22.8 Å². The molecule has 5 nitrogen and oxygen atoms in total. The number of fused-ring (bicyclic) bond motifs is 1. The number of hydrogen-bond donors (Lipinski definition) is 2. The van der Waals surface area contributed by atoms with Crippen LogP contribution in [0.25, 0.3) is 10.9 Å². The number of rotatable bonds is 5. The largest absolute Gasteiger partial charge is 0.481 e. The zero-order valence-corrected chi connectivity index (χ0v) is 13.1. The van der Waals surface area contributed by atoms with Crippen LogP contribution in [0.3, 0.4) is 0 Å². The van der Waals surface area contributed by atoms with E-state index in [0.29, 0.717) is 12.8 Å². The lowest BCUT2D eigenvalue weighted by Gasteiger charge is -2.35. The van der Waals surface area contributed by atoms with Gasteiger partial charge in [0.05, 0.1) is 6.42 Å². The minimum Gasteiger partial charge on any atom is -0.481 e. The lowest BCUT2D eigenvalue weighted by molar-refractivity contribution is -0.139. The SMILES string of the molecule is O=C(O)CC[C@@H]1CCCCN1C(=O)Cc1c[nH]c2ccccc12. The first-order valence-corrected chi connectivity index (χ1v) is 8.21. The lowest BCUT2D eigenvalue weighted by atomic mass is 9.97. The molecule has 0 radical (unpaired) electrons. The summed E-state index contributed by atoms with van der Waals surface area (Å²) >= 11 is 0. The fourth-order valence-electron chi connectivity index (χ4n) is 3.46. The molecule has 2 aromatic rings. The number of piperidine rings is 1. The number of hydrogen-bond acceptors (Lipinski definition) is 2. The fourth-order valence-corrected chi connectivity index (χ4v) is 3.46. The van der Waals surface area contributed by atoms with E-state index >= 15 is 0 Å². The van der Waals surface area contributed by atoms with E-state index in [1.54, 1.807) is 0 Å². The third-order valence-electron chi connectivity index (χ3n) is 4.66. The van der Waals surface area contributed by atoms with Gasteiger partial charge in [0, 0.05) is 36.1 Å². The van der Waals surface area contributed by atoms with Crippen LogP contribution in [-0.4, -0.2) is 39.5 Å². The molecule has 2 heterocycles. The van der Waals surface area contributed by atoms with E-state index in [1.165, 1.54) is 0 Å². The third kappa shape index (κ3) is 3.55. The molecular formula is C18H22N2O3. The minimum absolute atomic E-state index is 0.0672. The molecule has 1 fully saturated rings. The summed E-state index contributed by atoms with van der Waals surface area (Å²) in [7, 11) is 0. The molecule has 0 aliphatic carbocycles. The molecule has 5 heteroatoms. The van der Waals surface area contributed by atoms with E-state index < -0.39 is 5.97 Å². The molecule has 122 valence electrons. The fraction of sp³-hybridized carbons (Fsp3) is 0.444. The molecule has 23 heavy (non-hydrogen) atoms. The second kappa shape index (κ2) is 6.86. The monoisotopic (exact) mass is 314 g/mol. The van der Waals surface area contributed by atoms with Gasteiger partial charge in [-0.15, -0.1) is 0 Å². The Kier molecular flexibility index (Phi) is 4.65.